The molecule has 8 heteroatoms. The maximum atomic E-state index is 13.7. The summed E-state index contributed by atoms with van der Waals surface area (Å²) < 4.78 is 13.7. The average molecular weight is 443 g/mol. The number of carbonyl (C=O) groups excluding carboxylic acids is 2. The van der Waals surface area contributed by atoms with Crippen LogP contribution in [0.3, 0.4) is 0 Å². The molecule has 164 valence electrons. The van der Waals surface area contributed by atoms with Gasteiger partial charge in [-0.2, -0.15) is 0 Å². The zero-order chi connectivity index (χ0) is 22.4. The van der Waals surface area contributed by atoms with Crippen LogP contribution in [0.25, 0.3) is 0 Å². The van der Waals surface area contributed by atoms with Gasteiger partial charge in [-0.15, -0.1) is 0 Å². The van der Waals surface area contributed by atoms with E-state index in [1.807, 2.05) is 29.2 Å². The van der Waals surface area contributed by atoms with E-state index in [9.17, 15) is 14.0 Å². The molecule has 1 aliphatic heterocycles. The molecule has 0 unspecified atom stereocenters. The van der Waals surface area contributed by atoms with Crippen molar-refractivity contribution in [2.75, 3.05) is 36.4 Å². The lowest BCUT2D eigenvalue weighted by molar-refractivity contribution is -0.132. The van der Waals surface area contributed by atoms with Crippen LogP contribution in [0.2, 0.25) is 0 Å². The number of anilines is 2. The fourth-order valence-corrected chi connectivity index (χ4v) is 3.64. The molecule has 0 saturated carbocycles. The Balaban J connectivity index is 1.50. The molecule has 1 saturated heterocycles. The van der Waals surface area contributed by atoms with E-state index in [4.69, 9.17) is 12.2 Å². The number of halogens is 1. The molecular formula is C23H27FN4O2S. The van der Waals surface area contributed by atoms with Gasteiger partial charge in [-0.3, -0.25) is 14.9 Å². The smallest absolute Gasteiger partial charge is 0.260 e. The van der Waals surface area contributed by atoms with Gasteiger partial charge in [0.1, 0.15) is 5.82 Å². The third kappa shape index (κ3) is 6.24. The van der Waals surface area contributed by atoms with Crippen LogP contribution in [0.4, 0.5) is 15.8 Å². The first-order chi connectivity index (χ1) is 14.8. The van der Waals surface area contributed by atoms with Gasteiger partial charge in [0.2, 0.25) is 5.91 Å². The van der Waals surface area contributed by atoms with Gasteiger partial charge < -0.3 is 15.1 Å². The highest BCUT2D eigenvalue weighted by Crippen LogP contribution is 2.20. The predicted octanol–water partition coefficient (Wildman–Crippen LogP) is 3.65. The van der Waals surface area contributed by atoms with Gasteiger partial charge in [-0.05, 0) is 54.5 Å². The summed E-state index contributed by atoms with van der Waals surface area (Å²) in [6.45, 7) is 7.12. The summed E-state index contributed by atoms with van der Waals surface area (Å²) in [7, 11) is 0. The van der Waals surface area contributed by atoms with E-state index < -0.39 is 11.7 Å². The topological polar surface area (TPSA) is 64.7 Å². The van der Waals surface area contributed by atoms with Crippen LogP contribution in [-0.2, 0) is 4.79 Å². The average Bonchev–Trinajstić information content (AvgIpc) is 2.74. The quantitative estimate of drug-likeness (QED) is 0.692. The van der Waals surface area contributed by atoms with Gasteiger partial charge in [-0.1, -0.05) is 26.0 Å². The molecule has 1 fully saturated rings. The van der Waals surface area contributed by atoms with Crippen molar-refractivity contribution < 1.29 is 14.0 Å². The number of thiocarbonyl (C=S) groups is 1. The molecule has 2 amide bonds. The van der Waals surface area contributed by atoms with Crippen LogP contribution < -0.4 is 15.5 Å². The lowest BCUT2D eigenvalue weighted by atomic mass is 10.1. The third-order valence-electron chi connectivity index (χ3n) is 5.05. The Labute approximate surface area is 187 Å². The highest BCUT2D eigenvalue weighted by atomic mass is 32.1. The lowest BCUT2D eigenvalue weighted by Crippen LogP contribution is -2.49. The number of benzene rings is 2. The minimum absolute atomic E-state index is 0.0620. The maximum Gasteiger partial charge on any atom is 0.260 e. The van der Waals surface area contributed by atoms with Crippen molar-refractivity contribution in [3.8, 4) is 0 Å². The largest absolute Gasteiger partial charge is 0.368 e. The summed E-state index contributed by atoms with van der Waals surface area (Å²) in [6, 6.07) is 13.4. The first-order valence-corrected chi connectivity index (χ1v) is 10.7. The molecule has 31 heavy (non-hydrogen) atoms. The zero-order valence-corrected chi connectivity index (χ0v) is 18.5. The van der Waals surface area contributed by atoms with E-state index in [0.29, 0.717) is 18.0 Å². The van der Waals surface area contributed by atoms with Crippen molar-refractivity contribution in [1.82, 2.24) is 10.2 Å². The Morgan fingerprint density at radius 1 is 1.03 bits per heavy atom. The van der Waals surface area contributed by atoms with Crippen molar-refractivity contribution in [1.29, 1.82) is 0 Å². The third-order valence-corrected chi connectivity index (χ3v) is 5.26. The van der Waals surface area contributed by atoms with Gasteiger partial charge in [0.15, 0.2) is 5.11 Å². The van der Waals surface area contributed by atoms with Crippen LogP contribution in [0, 0.1) is 11.7 Å². The van der Waals surface area contributed by atoms with Gasteiger partial charge in [0.25, 0.3) is 5.91 Å². The molecule has 3 rings (SSSR count). The van der Waals surface area contributed by atoms with Crippen molar-refractivity contribution in [2.45, 2.75) is 20.3 Å². The van der Waals surface area contributed by atoms with E-state index in [-0.39, 0.29) is 16.6 Å². The highest BCUT2D eigenvalue weighted by Gasteiger charge is 2.21. The number of hydrogen-bond donors (Lipinski definition) is 2. The maximum absolute atomic E-state index is 13.7. The first kappa shape index (κ1) is 22.7. The van der Waals surface area contributed by atoms with Crippen molar-refractivity contribution in [3.05, 3.63) is 59.9 Å². The Bertz CT molecular complexity index is 941. The molecule has 1 aliphatic rings. The summed E-state index contributed by atoms with van der Waals surface area (Å²) in [5.41, 5.74) is 1.71. The van der Waals surface area contributed by atoms with E-state index in [2.05, 4.69) is 29.4 Å². The number of nitrogens with one attached hydrogen (secondary N) is 2. The summed E-state index contributed by atoms with van der Waals surface area (Å²) in [5, 5.41) is 5.52. The summed E-state index contributed by atoms with van der Waals surface area (Å²) in [5.74, 6) is -0.608. The molecule has 1 heterocycles. The second kappa shape index (κ2) is 10.3. The predicted molar refractivity (Wildman–Crippen MR) is 125 cm³/mol. The molecular weight excluding hydrogens is 415 g/mol. The van der Waals surface area contributed by atoms with Gasteiger partial charge in [0, 0.05) is 44.0 Å². The lowest BCUT2D eigenvalue weighted by Gasteiger charge is -2.36. The van der Waals surface area contributed by atoms with Crippen LogP contribution >= 0.6 is 12.2 Å². The summed E-state index contributed by atoms with van der Waals surface area (Å²) in [6.07, 6.45) is 0.591. The fourth-order valence-electron chi connectivity index (χ4n) is 3.43. The minimum atomic E-state index is -0.600. The molecule has 6 nitrogen and oxygen atoms in total. The molecule has 0 aliphatic carbocycles. The van der Waals surface area contributed by atoms with Crippen LogP contribution in [0.5, 0.6) is 0 Å². The standard InChI is InChI=1S/C23H27FN4O2S/c1-16(2)15-21(29)28-13-11-27(12-14-28)18-9-7-17(8-10-18)25-23(31)26-22(30)19-5-3-4-6-20(19)24/h3-10,16H,11-15H2,1-2H3,(H2,25,26,30,31). The number of amides is 2. The first-order valence-electron chi connectivity index (χ1n) is 10.3. The highest BCUT2D eigenvalue weighted by molar-refractivity contribution is 7.80. The Hall–Kier alpha value is -3.00. The van der Waals surface area contributed by atoms with Crippen molar-refractivity contribution in [2.24, 2.45) is 5.92 Å². The molecule has 2 aromatic rings. The van der Waals surface area contributed by atoms with Gasteiger partial charge >= 0.3 is 0 Å². The summed E-state index contributed by atoms with van der Waals surface area (Å²) >= 11 is 5.17. The van der Waals surface area contributed by atoms with Gasteiger partial charge in [-0.25, -0.2) is 4.39 Å². The second-order valence-corrected chi connectivity index (χ2v) is 8.31. The van der Waals surface area contributed by atoms with E-state index in [0.717, 1.165) is 31.9 Å². The molecule has 2 aromatic carbocycles. The Morgan fingerprint density at radius 2 is 1.68 bits per heavy atom. The fraction of sp³-hybridized carbons (Fsp3) is 0.348. The number of piperazine rings is 1. The molecule has 0 aromatic heterocycles. The number of nitrogens with zero attached hydrogens (tertiary/aromatic N) is 2. The zero-order valence-electron chi connectivity index (χ0n) is 17.7. The number of carbonyl (C=O) groups is 2. The summed E-state index contributed by atoms with van der Waals surface area (Å²) in [4.78, 5) is 28.5. The van der Waals surface area contributed by atoms with Crippen LogP contribution in [0.15, 0.2) is 48.5 Å². The SMILES string of the molecule is CC(C)CC(=O)N1CCN(c2ccc(NC(=S)NC(=O)c3ccccc3F)cc2)CC1. The Morgan fingerprint density at radius 3 is 2.29 bits per heavy atom. The molecule has 2 N–H and O–H groups in total. The Kier molecular flexibility index (Phi) is 7.57. The normalized spacial score (nSPS) is 13.8. The van der Waals surface area contributed by atoms with Crippen molar-refractivity contribution in [3.63, 3.8) is 0 Å². The molecule has 0 radical (unpaired) electrons. The molecule has 0 atom stereocenters. The number of hydrogen-bond acceptors (Lipinski definition) is 4. The van der Waals surface area contributed by atoms with Crippen LogP contribution in [0.1, 0.15) is 30.6 Å². The molecule has 0 spiro atoms. The molecule has 0 bridgehead atoms. The van der Waals surface area contributed by atoms with E-state index in [1.54, 1.807) is 6.07 Å². The monoisotopic (exact) mass is 442 g/mol. The van der Waals surface area contributed by atoms with E-state index in [1.165, 1.54) is 18.2 Å². The van der Waals surface area contributed by atoms with E-state index >= 15 is 0 Å². The van der Waals surface area contributed by atoms with Crippen LogP contribution in [-0.4, -0.2) is 48.0 Å². The number of rotatable bonds is 5. The van der Waals surface area contributed by atoms with Gasteiger partial charge in [0.05, 0.1) is 5.56 Å². The van der Waals surface area contributed by atoms with Crippen molar-refractivity contribution >= 4 is 40.5 Å². The second-order valence-electron chi connectivity index (χ2n) is 7.90. The minimum Gasteiger partial charge on any atom is -0.368 e.